The maximum Gasteiger partial charge on any atom is 0.191 e. The fourth-order valence-electron chi connectivity index (χ4n) is 3.26. The lowest BCUT2D eigenvalue weighted by Crippen LogP contribution is -2.37. The number of aromatic nitrogens is 3. The molecule has 0 aliphatic carbocycles. The Labute approximate surface area is 176 Å². The number of guanidine groups is 1. The highest BCUT2D eigenvalue weighted by molar-refractivity contribution is 14.0. The number of unbranched alkanes of at least 4 members (excludes halogenated alkanes) is 3. The average molecular weight is 476 g/mol. The molecule has 2 N–H and O–H groups in total. The summed E-state index contributed by atoms with van der Waals surface area (Å²) in [6, 6.07) is 0. The molecular weight excluding hydrogens is 439 g/mol. The summed E-state index contributed by atoms with van der Waals surface area (Å²) < 4.78 is 2.34. The zero-order valence-corrected chi connectivity index (χ0v) is 18.9. The van der Waals surface area contributed by atoms with Gasteiger partial charge in [-0.15, -0.1) is 34.2 Å². The van der Waals surface area contributed by atoms with Gasteiger partial charge in [-0.05, 0) is 32.6 Å². The number of halogens is 1. The first-order valence-corrected chi connectivity index (χ1v) is 10.3. The molecule has 2 heterocycles. The topological polar surface area (TPSA) is 67.1 Å². The van der Waals surface area contributed by atoms with Crippen LogP contribution < -0.4 is 10.6 Å². The van der Waals surface area contributed by atoms with E-state index < -0.39 is 0 Å². The van der Waals surface area contributed by atoms with Gasteiger partial charge in [0.25, 0.3) is 0 Å². The van der Waals surface area contributed by atoms with Crippen LogP contribution in [-0.4, -0.2) is 40.4 Å². The molecule has 2 rings (SSSR count). The largest absolute Gasteiger partial charge is 0.357 e. The zero-order chi connectivity index (χ0) is 17.7. The predicted molar refractivity (Wildman–Crippen MR) is 119 cm³/mol. The van der Waals surface area contributed by atoms with E-state index in [-0.39, 0.29) is 24.0 Å². The van der Waals surface area contributed by atoms with Crippen LogP contribution in [0.5, 0.6) is 0 Å². The fraction of sp³-hybridized carbons (Fsp3) is 0.842. The monoisotopic (exact) mass is 476 g/mol. The van der Waals surface area contributed by atoms with E-state index in [1.54, 1.807) is 0 Å². The Morgan fingerprint density at radius 3 is 2.73 bits per heavy atom. The highest BCUT2D eigenvalue weighted by Crippen LogP contribution is 2.15. The molecule has 0 aromatic carbocycles. The summed E-state index contributed by atoms with van der Waals surface area (Å²) in [6.07, 6.45) is 12.0. The van der Waals surface area contributed by atoms with E-state index in [0.29, 0.717) is 0 Å². The van der Waals surface area contributed by atoms with Crippen LogP contribution in [-0.2, 0) is 19.4 Å². The van der Waals surface area contributed by atoms with Crippen molar-refractivity contribution < 1.29 is 0 Å². The van der Waals surface area contributed by atoms with Crippen molar-refractivity contribution in [2.75, 3.05) is 19.6 Å². The first-order valence-electron chi connectivity index (χ1n) is 10.3. The fourth-order valence-corrected chi connectivity index (χ4v) is 3.26. The molecule has 1 aliphatic rings. The average Bonchev–Trinajstić information content (AvgIpc) is 2.85. The maximum atomic E-state index is 4.70. The van der Waals surface area contributed by atoms with Crippen molar-refractivity contribution >= 4 is 29.9 Å². The highest BCUT2D eigenvalue weighted by atomic mass is 127. The number of nitrogens with one attached hydrogen (secondary N) is 2. The zero-order valence-electron chi connectivity index (χ0n) is 16.6. The minimum Gasteiger partial charge on any atom is -0.357 e. The molecule has 150 valence electrons. The Balaban J connectivity index is 0.00000338. The normalized spacial score (nSPS) is 14.3. The Morgan fingerprint density at radius 1 is 1.04 bits per heavy atom. The molecule has 7 heteroatoms. The Hall–Kier alpha value is -0.860. The van der Waals surface area contributed by atoms with Gasteiger partial charge in [-0.3, -0.25) is 4.99 Å². The predicted octanol–water partition coefficient (Wildman–Crippen LogP) is 3.69. The van der Waals surface area contributed by atoms with E-state index in [4.69, 9.17) is 4.99 Å². The molecule has 0 radical (unpaired) electrons. The first-order chi connectivity index (χ1) is 12.3. The van der Waals surface area contributed by atoms with Gasteiger partial charge in [0.2, 0.25) is 0 Å². The molecule has 0 saturated carbocycles. The minimum absolute atomic E-state index is 0. The van der Waals surface area contributed by atoms with Crippen molar-refractivity contribution in [2.24, 2.45) is 4.99 Å². The molecule has 0 amide bonds. The van der Waals surface area contributed by atoms with Crippen molar-refractivity contribution in [2.45, 2.75) is 84.6 Å². The second-order valence-electron chi connectivity index (χ2n) is 6.85. The molecule has 1 aromatic heterocycles. The SMILES string of the molecule is CCCCCCNC(=NCCCc1nnc2n1CCCCC2)NCC.I. The molecule has 0 spiro atoms. The van der Waals surface area contributed by atoms with Crippen LogP contribution in [0.1, 0.15) is 76.9 Å². The van der Waals surface area contributed by atoms with Gasteiger partial charge in [0, 0.05) is 39.0 Å². The summed E-state index contributed by atoms with van der Waals surface area (Å²) in [5.74, 6) is 3.27. The third kappa shape index (κ3) is 8.22. The number of fused-ring (bicyclic) bond motifs is 1. The quantitative estimate of drug-likeness (QED) is 0.234. The van der Waals surface area contributed by atoms with Crippen LogP contribution in [0.25, 0.3) is 0 Å². The number of hydrogen-bond donors (Lipinski definition) is 2. The van der Waals surface area contributed by atoms with Crippen molar-refractivity contribution in [3.8, 4) is 0 Å². The summed E-state index contributed by atoms with van der Waals surface area (Å²) in [5, 5.41) is 15.5. The van der Waals surface area contributed by atoms with Crippen LogP contribution in [0.3, 0.4) is 0 Å². The van der Waals surface area contributed by atoms with E-state index in [9.17, 15) is 0 Å². The molecule has 1 aliphatic heterocycles. The van der Waals surface area contributed by atoms with Gasteiger partial charge >= 0.3 is 0 Å². The molecule has 0 bridgehead atoms. The van der Waals surface area contributed by atoms with Crippen LogP contribution in [0.2, 0.25) is 0 Å². The Morgan fingerprint density at radius 2 is 1.92 bits per heavy atom. The van der Waals surface area contributed by atoms with Crippen LogP contribution in [0, 0.1) is 0 Å². The third-order valence-corrected chi connectivity index (χ3v) is 4.68. The lowest BCUT2D eigenvalue weighted by Gasteiger charge is -2.11. The Kier molecular flexibility index (Phi) is 12.7. The van der Waals surface area contributed by atoms with E-state index in [0.717, 1.165) is 57.2 Å². The standard InChI is InChI=1S/C19H36N6.HI/c1-3-5-6-9-14-21-19(20-4-2)22-15-11-13-18-24-23-17-12-8-7-10-16-25(17)18;/h3-16H2,1-2H3,(H2,20,21,22);1H. The maximum absolute atomic E-state index is 4.70. The van der Waals surface area contributed by atoms with Crippen LogP contribution >= 0.6 is 24.0 Å². The van der Waals surface area contributed by atoms with Crippen molar-refractivity contribution in [3.63, 3.8) is 0 Å². The summed E-state index contributed by atoms with van der Waals surface area (Å²) in [5.41, 5.74) is 0. The lowest BCUT2D eigenvalue weighted by molar-refractivity contribution is 0.597. The molecule has 0 atom stereocenters. The number of hydrogen-bond acceptors (Lipinski definition) is 3. The van der Waals surface area contributed by atoms with Gasteiger partial charge in [-0.2, -0.15) is 0 Å². The van der Waals surface area contributed by atoms with Crippen molar-refractivity contribution in [1.82, 2.24) is 25.4 Å². The summed E-state index contributed by atoms with van der Waals surface area (Å²) in [4.78, 5) is 4.70. The minimum atomic E-state index is 0. The molecule has 1 aromatic rings. The molecule has 0 unspecified atom stereocenters. The van der Waals surface area contributed by atoms with Crippen molar-refractivity contribution in [1.29, 1.82) is 0 Å². The Bertz CT molecular complexity index is 514. The van der Waals surface area contributed by atoms with Crippen molar-refractivity contribution in [3.05, 3.63) is 11.6 Å². The van der Waals surface area contributed by atoms with Gasteiger partial charge in [-0.1, -0.05) is 32.6 Å². The lowest BCUT2D eigenvalue weighted by atomic mass is 10.2. The molecular formula is C19H37IN6. The van der Waals surface area contributed by atoms with Gasteiger partial charge in [0.1, 0.15) is 11.6 Å². The van der Waals surface area contributed by atoms with Crippen LogP contribution in [0.15, 0.2) is 4.99 Å². The van der Waals surface area contributed by atoms with Gasteiger partial charge in [-0.25, -0.2) is 0 Å². The first kappa shape index (κ1) is 23.2. The van der Waals surface area contributed by atoms with E-state index in [2.05, 4.69) is 39.2 Å². The van der Waals surface area contributed by atoms with Gasteiger partial charge in [0.05, 0.1) is 0 Å². The summed E-state index contributed by atoms with van der Waals surface area (Å²) in [6.45, 7) is 8.17. The van der Waals surface area contributed by atoms with Crippen LogP contribution in [0.4, 0.5) is 0 Å². The third-order valence-electron chi connectivity index (χ3n) is 4.68. The second kappa shape index (κ2) is 14.2. The van der Waals surface area contributed by atoms with E-state index in [1.165, 1.54) is 50.8 Å². The molecule has 26 heavy (non-hydrogen) atoms. The number of aryl methyl sites for hydroxylation is 2. The number of rotatable bonds is 10. The highest BCUT2D eigenvalue weighted by Gasteiger charge is 2.13. The van der Waals surface area contributed by atoms with Gasteiger partial charge in [0.15, 0.2) is 5.96 Å². The summed E-state index contributed by atoms with van der Waals surface area (Å²) >= 11 is 0. The summed E-state index contributed by atoms with van der Waals surface area (Å²) in [7, 11) is 0. The second-order valence-corrected chi connectivity index (χ2v) is 6.85. The van der Waals surface area contributed by atoms with Gasteiger partial charge < -0.3 is 15.2 Å². The van der Waals surface area contributed by atoms with E-state index in [1.807, 2.05) is 0 Å². The molecule has 6 nitrogen and oxygen atoms in total. The number of nitrogens with zero attached hydrogens (tertiary/aromatic N) is 4. The molecule has 0 saturated heterocycles. The molecule has 0 fully saturated rings. The van der Waals surface area contributed by atoms with E-state index >= 15 is 0 Å². The smallest absolute Gasteiger partial charge is 0.191 e. The number of aliphatic imine (C=N–C) groups is 1.